The standard InChI is InChI=1S/C15H18FN3/c16-14-2-4-15(5-3-14)19(11-1-8-17)12-13-6-9-18-10-7-13/h2-7,9-10H,1,8,11-12,17H2. The van der Waals surface area contributed by atoms with Crippen molar-refractivity contribution in [2.75, 3.05) is 18.0 Å². The van der Waals surface area contributed by atoms with Gasteiger partial charge in [-0.25, -0.2) is 4.39 Å². The molecule has 0 aliphatic rings. The molecule has 0 saturated carbocycles. The Kier molecular flexibility index (Phi) is 4.86. The molecule has 2 aromatic rings. The maximum atomic E-state index is 13.0. The van der Waals surface area contributed by atoms with Gasteiger partial charge in [0.2, 0.25) is 0 Å². The van der Waals surface area contributed by atoms with E-state index in [1.165, 1.54) is 17.7 Å². The molecule has 1 aromatic heterocycles. The molecule has 0 atom stereocenters. The van der Waals surface area contributed by atoms with Gasteiger partial charge in [-0.1, -0.05) is 0 Å². The Balaban J connectivity index is 2.13. The smallest absolute Gasteiger partial charge is 0.123 e. The molecule has 0 unspecified atom stereocenters. The summed E-state index contributed by atoms with van der Waals surface area (Å²) in [5, 5.41) is 0. The Morgan fingerprint density at radius 3 is 2.37 bits per heavy atom. The SMILES string of the molecule is NCCCN(Cc1ccncc1)c1ccc(F)cc1. The Hall–Kier alpha value is -1.94. The van der Waals surface area contributed by atoms with Gasteiger partial charge in [0.15, 0.2) is 0 Å². The van der Waals surface area contributed by atoms with Crippen LogP contribution < -0.4 is 10.6 Å². The highest BCUT2D eigenvalue weighted by Crippen LogP contribution is 2.17. The van der Waals surface area contributed by atoms with Crippen molar-refractivity contribution in [1.29, 1.82) is 0 Å². The zero-order chi connectivity index (χ0) is 13.5. The molecule has 19 heavy (non-hydrogen) atoms. The van der Waals surface area contributed by atoms with E-state index in [9.17, 15) is 4.39 Å². The molecule has 0 fully saturated rings. The predicted molar refractivity (Wildman–Crippen MR) is 75.4 cm³/mol. The number of pyridine rings is 1. The van der Waals surface area contributed by atoms with E-state index < -0.39 is 0 Å². The number of hydrogen-bond donors (Lipinski definition) is 1. The van der Waals surface area contributed by atoms with Gasteiger partial charge >= 0.3 is 0 Å². The van der Waals surface area contributed by atoms with Crippen LogP contribution in [-0.4, -0.2) is 18.1 Å². The fraction of sp³-hybridized carbons (Fsp3) is 0.267. The number of nitrogens with two attached hydrogens (primary N) is 1. The number of halogens is 1. The fourth-order valence-corrected chi connectivity index (χ4v) is 1.94. The van der Waals surface area contributed by atoms with Crippen molar-refractivity contribution in [3.05, 3.63) is 60.2 Å². The van der Waals surface area contributed by atoms with Crippen LogP contribution in [0.1, 0.15) is 12.0 Å². The van der Waals surface area contributed by atoms with Crippen LogP contribution >= 0.6 is 0 Å². The molecule has 0 aliphatic carbocycles. The van der Waals surface area contributed by atoms with Crippen LogP contribution in [0.5, 0.6) is 0 Å². The van der Waals surface area contributed by atoms with E-state index in [2.05, 4.69) is 9.88 Å². The second kappa shape index (κ2) is 6.85. The summed E-state index contributed by atoms with van der Waals surface area (Å²) in [6.45, 7) is 2.27. The molecular formula is C15H18FN3. The van der Waals surface area contributed by atoms with E-state index in [0.717, 1.165) is 25.2 Å². The van der Waals surface area contributed by atoms with Crippen LogP contribution in [0, 0.1) is 5.82 Å². The third kappa shape index (κ3) is 4.03. The maximum Gasteiger partial charge on any atom is 0.123 e. The zero-order valence-corrected chi connectivity index (χ0v) is 10.8. The van der Waals surface area contributed by atoms with Gasteiger partial charge in [0.05, 0.1) is 0 Å². The van der Waals surface area contributed by atoms with Gasteiger partial charge in [-0.15, -0.1) is 0 Å². The Morgan fingerprint density at radius 1 is 1.05 bits per heavy atom. The lowest BCUT2D eigenvalue weighted by Gasteiger charge is -2.24. The highest BCUT2D eigenvalue weighted by atomic mass is 19.1. The minimum atomic E-state index is -0.216. The second-order valence-electron chi connectivity index (χ2n) is 4.40. The zero-order valence-electron chi connectivity index (χ0n) is 10.8. The molecule has 100 valence electrons. The molecule has 2 rings (SSSR count). The summed E-state index contributed by atoms with van der Waals surface area (Å²) in [5.41, 5.74) is 7.76. The van der Waals surface area contributed by atoms with Gasteiger partial charge in [-0.2, -0.15) is 0 Å². The first-order chi connectivity index (χ1) is 9.29. The van der Waals surface area contributed by atoms with Gasteiger partial charge in [0.25, 0.3) is 0 Å². The lowest BCUT2D eigenvalue weighted by molar-refractivity contribution is 0.627. The number of benzene rings is 1. The molecule has 0 aliphatic heterocycles. The molecule has 0 spiro atoms. The van der Waals surface area contributed by atoms with Crippen LogP contribution in [0.3, 0.4) is 0 Å². The van der Waals surface area contributed by atoms with Crippen LogP contribution in [0.4, 0.5) is 10.1 Å². The highest BCUT2D eigenvalue weighted by Gasteiger charge is 2.07. The molecule has 4 heteroatoms. The maximum absolute atomic E-state index is 13.0. The first-order valence-electron chi connectivity index (χ1n) is 6.39. The average molecular weight is 259 g/mol. The number of aromatic nitrogens is 1. The first-order valence-corrected chi connectivity index (χ1v) is 6.39. The van der Waals surface area contributed by atoms with E-state index in [0.29, 0.717) is 6.54 Å². The monoisotopic (exact) mass is 259 g/mol. The predicted octanol–water partition coefficient (Wildman–Crippen LogP) is 2.58. The summed E-state index contributed by atoms with van der Waals surface area (Å²) < 4.78 is 13.0. The van der Waals surface area contributed by atoms with Crippen molar-refractivity contribution in [2.45, 2.75) is 13.0 Å². The van der Waals surface area contributed by atoms with Crippen molar-refractivity contribution < 1.29 is 4.39 Å². The van der Waals surface area contributed by atoms with Crippen molar-refractivity contribution in [1.82, 2.24) is 4.98 Å². The van der Waals surface area contributed by atoms with Crippen molar-refractivity contribution in [2.24, 2.45) is 5.73 Å². The highest BCUT2D eigenvalue weighted by molar-refractivity contribution is 5.46. The minimum absolute atomic E-state index is 0.216. The third-order valence-corrected chi connectivity index (χ3v) is 2.95. The van der Waals surface area contributed by atoms with Gasteiger partial charge in [-0.05, 0) is 54.9 Å². The van der Waals surface area contributed by atoms with Gasteiger partial charge in [0, 0.05) is 31.2 Å². The molecule has 0 radical (unpaired) electrons. The van der Waals surface area contributed by atoms with E-state index in [1.807, 2.05) is 12.1 Å². The van der Waals surface area contributed by atoms with Gasteiger partial charge < -0.3 is 10.6 Å². The molecular weight excluding hydrogens is 241 g/mol. The van der Waals surface area contributed by atoms with Crippen molar-refractivity contribution in [3.8, 4) is 0 Å². The van der Waals surface area contributed by atoms with Crippen molar-refractivity contribution >= 4 is 5.69 Å². The summed E-state index contributed by atoms with van der Waals surface area (Å²) in [4.78, 5) is 6.21. The Bertz CT molecular complexity index is 485. The molecule has 0 amide bonds. The van der Waals surface area contributed by atoms with E-state index >= 15 is 0 Å². The summed E-state index contributed by atoms with van der Waals surface area (Å²) in [6, 6.07) is 10.5. The molecule has 1 heterocycles. The summed E-state index contributed by atoms with van der Waals surface area (Å²) in [7, 11) is 0. The molecule has 1 aromatic carbocycles. The van der Waals surface area contributed by atoms with E-state index in [4.69, 9.17) is 5.73 Å². The number of nitrogens with zero attached hydrogens (tertiary/aromatic N) is 2. The first kappa shape index (κ1) is 13.5. The van der Waals surface area contributed by atoms with Gasteiger partial charge in [0.1, 0.15) is 5.82 Å². The quantitative estimate of drug-likeness (QED) is 0.867. The number of hydrogen-bond acceptors (Lipinski definition) is 3. The fourth-order valence-electron chi connectivity index (χ4n) is 1.94. The van der Waals surface area contributed by atoms with E-state index in [-0.39, 0.29) is 5.82 Å². The molecule has 0 bridgehead atoms. The molecule has 0 saturated heterocycles. The number of rotatable bonds is 6. The average Bonchev–Trinajstić information content (AvgIpc) is 2.45. The third-order valence-electron chi connectivity index (χ3n) is 2.95. The Morgan fingerprint density at radius 2 is 1.74 bits per heavy atom. The summed E-state index contributed by atoms with van der Waals surface area (Å²) >= 11 is 0. The largest absolute Gasteiger partial charge is 0.367 e. The van der Waals surface area contributed by atoms with Crippen LogP contribution in [0.2, 0.25) is 0 Å². The summed E-state index contributed by atoms with van der Waals surface area (Å²) in [6.07, 6.45) is 4.46. The topological polar surface area (TPSA) is 42.1 Å². The van der Waals surface area contributed by atoms with Crippen molar-refractivity contribution in [3.63, 3.8) is 0 Å². The van der Waals surface area contributed by atoms with Crippen LogP contribution in [0.25, 0.3) is 0 Å². The summed E-state index contributed by atoms with van der Waals surface area (Å²) in [5.74, 6) is -0.216. The molecule has 2 N–H and O–H groups in total. The van der Waals surface area contributed by atoms with E-state index in [1.54, 1.807) is 24.5 Å². The van der Waals surface area contributed by atoms with Gasteiger partial charge in [-0.3, -0.25) is 4.98 Å². The number of anilines is 1. The van der Waals surface area contributed by atoms with Crippen LogP contribution in [0.15, 0.2) is 48.8 Å². The molecule has 3 nitrogen and oxygen atoms in total. The van der Waals surface area contributed by atoms with Crippen LogP contribution in [-0.2, 0) is 6.54 Å². The second-order valence-corrected chi connectivity index (χ2v) is 4.40. The lowest BCUT2D eigenvalue weighted by atomic mass is 10.2. The Labute approximate surface area is 112 Å². The lowest BCUT2D eigenvalue weighted by Crippen LogP contribution is -2.25. The minimum Gasteiger partial charge on any atom is -0.367 e. The normalized spacial score (nSPS) is 10.4.